The maximum absolute atomic E-state index is 12.6. The Hall–Kier alpha value is -1.53. The molecule has 2 nitrogen and oxygen atoms in total. The molecule has 2 rings (SSSR count). The molecule has 0 saturated heterocycles. The van der Waals surface area contributed by atoms with E-state index < -0.39 is 13.2 Å². The molecule has 0 spiro atoms. The summed E-state index contributed by atoms with van der Waals surface area (Å²) in [6, 6.07) is 8.99. The summed E-state index contributed by atoms with van der Waals surface area (Å²) < 4.78 is 12.4. The van der Waals surface area contributed by atoms with Crippen molar-refractivity contribution >= 4 is 18.6 Å². The zero-order valence-corrected chi connectivity index (χ0v) is 12.4. The number of allylic oxidation sites excluding steroid dienone is 4. The highest BCUT2D eigenvalue weighted by molar-refractivity contribution is 7.71. The van der Waals surface area contributed by atoms with Crippen molar-refractivity contribution in [2.45, 2.75) is 27.2 Å². The SMILES string of the molecule is CC1=CCC(C)(C(=O)[P+](=O)c2ccccc2)C(C)=C1. The first kappa shape index (κ1) is 13.9. The van der Waals surface area contributed by atoms with Gasteiger partial charge in [0.2, 0.25) is 0 Å². The van der Waals surface area contributed by atoms with Gasteiger partial charge in [-0.1, -0.05) is 46.1 Å². The summed E-state index contributed by atoms with van der Waals surface area (Å²) in [7, 11) is -2.01. The van der Waals surface area contributed by atoms with E-state index in [-0.39, 0.29) is 5.52 Å². The van der Waals surface area contributed by atoms with Crippen LogP contribution in [0.3, 0.4) is 0 Å². The van der Waals surface area contributed by atoms with Crippen molar-refractivity contribution in [1.29, 1.82) is 0 Å². The van der Waals surface area contributed by atoms with Gasteiger partial charge in [0.05, 0.1) is 0 Å². The van der Waals surface area contributed by atoms with E-state index in [9.17, 15) is 9.36 Å². The smallest absolute Gasteiger partial charge is 0.239 e. The second-order valence-electron chi connectivity index (χ2n) is 5.25. The van der Waals surface area contributed by atoms with E-state index in [0.717, 1.165) is 11.1 Å². The molecular formula is C16H18O2P+. The van der Waals surface area contributed by atoms with Crippen molar-refractivity contribution in [3.05, 3.63) is 53.6 Å². The summed E-state index contributed by atoms with van der Waals surface area (Å²) in [6.45, 7) is 5.85. The summed E-state index contributed by atoms with van der Waals surface area (Å²) in [4.78, 5) is 12.6. The van der Waals surface area contributed by atoms with Gasteiger partial charge in [0.15, 0.2) is 5.30 Å². The van der Waals surface area contributed by atoms with Crippen molar-refractivity contribution in [2.75, 3.05) is 0 Å². The van der Waals surface area contributed by atoms with Crippen LogP contribution in [0.1, 0.15) is 27.2 Å². The first-order valence-electron chi connectivity index (χ1n) is 6.37. The Morgan fingerprint density at radius 3 is 2.42 bits per heavy atom. The van der Waals surface area contributed by atoms with E-state index in [1.54, 1.807) is 12.1 Å². The normalized spacial score (nSPS) is 23.4. The summed E-state index contributed by atoms with van der Waals surface area (Å²) >= 11 is 0. The number of hydrogen-bond donors (Lipinski definition) is 0. The Balaban J connectivity index is 2.31. The molecule has 2 unspecified atom stereocenters. The van der Waals surface area contributed by atoms with E-state index in [1.165, 1.54) is 0 Å². The maximum Gasteiger partial charge on any atom is 0.454 e. The first-order valence-corrected chi connectivity index (χ1v) is 7.63. The molecule has 0 bridgehead atoms. The van der Waals surface area contributed by atoms with Crippen molar-refractivity contribution in [3.63, 3.8) is 0 Å². The lowest BCUT2D eigenvalue weighted by Crippen LogP contribution is -2.29. The summed E-state index contributed by atoms with van der Waals surface area (Å²) in [6.07, 6.45) is 4.68. The zero-order chi connectivity index (χ0) is 14.0. The van der Waals surface area contributed by atoms with Crippen LogP contribution in [0, 0.1) is 5.41 Å². The van der Waals surface area contributed by atoms with Crippen LogP contribution in [0.2, 0.25) is 0 Å². The van der Waals surface area contributed by atoms with Crippen LogP contribution in [-0.4, -0.2) is 5.52 Å². The minimum Gasteiger partial charge on any atom is -0.239 e. The summed E-state index contributed by atoms with van der Waals surface area (Å²) in [5, 5.41) is 0.614. The highest BCUT2D eigenvalue weighted by atomic mass is 31.1. The molecule has 0 aromatic heterocycles. The summed E-state index contributed by atoms with van der Waals surface area (Å²) in [5.74, 6) is 0. The quantitative estimate of drug-likeness (QED) is 0.781. The molecule has 19 heavy (non-hydrogen) atoms. The maximum atomic E-state index is 12.6. The largest absolute Gasteiger partial charge is 0.454 e. The summed E-state index contributed by atoms with van der Waals surface area (Å²) in [5.41, 5.74) is 1.35. The van der Waals surface area contributed by atoms with Crippen LogP contribution in [0.5, 0.6) is 0 Å². The van der Waals surface area contributed by atoms with Gasteiger partial charge >= 0.3 is 13.3 Å². The van der Waals surface area contributed by atoms with Crippen LogP contribution in [0.15, 0.2) is 53.6 Å². The number of hydrogen-bond acceptors (Lipinski definition) is 2. The molecule has 0 amide bonds. The van der Waals surface area contributed by atoms with E-state index in [2.05, 4.69) is 0 Å². The van der Waals surface area contributed by atoms with Crippen LogP contribution in [0.4, 0.5) is 0 Å². The zero-order valence-electron chi connectivity index (χ0n) is 11.5. The van der Waals surface area contributed by atoms with Crippen molar-refractivity contribution < 1.29 is 9.36 Å². The van der Waals surface area contributed by atoms with E-state index in [4.69, 9.17) is 0 Å². The van der Waals surface area contributed by atoms with Crippen LogP contribution < -0.4 is 5.30 Å². The van der Waals surface area contributed by atoms with E-state index in [0.29, 0.717) is 11.7 Å². The lowest BCUT2D eigenvalue weighted by Gasteiger charge is -2.26. The topological polar surface area (TPSA) is 34.1 Å². The molecule has 1 aliphatic rings. The molecule has 1 aromatic carbocycles. The Bertz CT molecular complexity index is 584. The van der Waals surface area contributed by atoms with Crippen LogP contribution >= 0.6 is 7.80 Å². The lowest BCUT2D eigenvalue weighted by molar-refractivity contribution is -0.117. The van der Waals surface area contributed by atoms with E-state index >= 15 is 0 Å². The van der Waals surface area contributed by atoms with Crippen molar-refractivity contribution in [2.24, 2.45) is 5.41 Å². The number of benzene rings is 1. The third kappa shape index (κ3) is 2.59. The van der Waals surface area contributed by atoms with Gasteiger partial charge in [-0.05, 0) is 39.3 Å². The molecule has 2 atom stereocenters. The Morgan fingerprint density at radius 2 is 1.84 bits per heavy atom. The van der Waals surface area contributed by atoms with Gasteiger partial charge in [0, 0.05) is 0 Å². The minimum atomic E-state index is -2.01. The highest BCUT2D eigenvalue weighted by Gasteiger charge is 2.48. The molecule has 0 N–H and O–H groups in total. The molecule has 1 aliphatic carbocycles. The Morgan fingerprint density at radius 1 is 1.21 bits per heavy atom. The van der Waals surface area contributed by atoms with Gasteiger partial charge < -0.3 is 0 Å². The lowest BCUT2D eigenvalue weighted by atomic mass is 9.77. The first-order chi connectivity index (χ1) is 8.95. The van der Waals surface area contributed by atoms with Crippen LogP contribution in [0.25, 0.3) is 0 Å². The molecular weight excluding hydrogens is 255 g/mol. The second kappa shape index (κ2) is 5.22. The van der Waals surface area contributed by atoms with Crippen molar-refractivity contribution in [1.82, 2.24) is 0 Å². The molecule has 0 fully saturated rings. The molecule has 0 aliphatic heterocycles. The minimum absolute atomic E-state index is 0.175. The predicted octanol–water partition coefficient (Wildman–Crippen LogP) is 3.97. The molecule has 0 radical (unpaired) electrons. The fourth-order valence-corrected chi connectivity index (χ4v) is 3.64. The molecule has 3 heteroatoms. The van der Waals surface area contributed by atoms with Gasteiger partial charge in [-0.2, -0.15) is 0 Å². The van der Waals surface area contributed by atoms with Crippen LogP contribution in [-0.2, 0) is 9.36 Å². The standard InChI is InChI=1S/C16H18O2P/c1-12-9-10-16(3,13(2)11-12)15(17)19(18)14-7-5-4-6-8-14/h4-9,11H,10H2,1-3H3/q+1. The average Bonchev–Trinajstić information content (AvgIpc) is 2.42. The van der Waals surface area contributed by atoms with Gasteiger partial charge in [0.1, 0.15) is 5.41 Å². The third-order valence-corrected chi connectivity index (χ3v) is 5.42. The molecule has 0 saturated carbocycles. The number of rotatable bonds is 3. The fraction of sp³-hybridized carbons (Fsp3) is 0.312. The highest BCUT2D eigenvalue weighted by Crippen LogP contribution is 2.43. The van der Waals surface area contributed by atoms with Gasteiger partial charge in [0.25, 0.3) is 0 Å². The molecule has 0 heterocycles. The number of carbonyl (C=O) groups is 1. The monoisotopic (exact) mass is 273 g/mol. The molecule has 98 valence electrons. The Labute approximate surface area is 115 Å². The second-order valence-corrected chi connectivity index (χ2v) is 6.76. The van der Waals surface area contributed by atoms with Gasteiger partial charge in [-0.25, -0.2) is 4.79 Å². The Kier molecular flexibility index (Phi) is 3.82. The molecule has 1 aromatic rings. The number of carbonyl (C=O) groups excluding carboxylic acids is 1. The van der Waals surface area contributed by atoms with Crippen molar-refractivity contribution in [3.8, 4) is 0 Å². The fourth-order valence-electron chi connectivity index (χ4n) is 2.25. The predicted molar refractivity (Wildman–Crippen MR) is 78.9 cm³/mol. The van der Waals surface area contributed by atoms with Gasteiger partial charge in [-0.15, -0.1) is 0 Å². The average molecular weight is 273 g/mol. The third-order valence-electron chi connectivity index (χ3n) is 3.79. The van der Waals surface area contributed by atoms with Gasteiger partial charge in [-0.3, -0.25) is 0 Å². The van der Waals surface area contributed by atoms with E-state index in [1.807, 2.05) is 51.1 Å².